The summed E-state index contributed by atoms with van der Waals surface area (Å²) in [6.07, 6.45) is 6.36. The number of nitrogens with zero attached hydrogens (tertiary/aromatic N) is 5. The molecule has 216 valence electrons. The molecule has 1 N–H and O–H groups in total. The van der Waals surface area contributed by atoms with E-state index in [9.17, 15) is 18.8 Å². The van der Waals surface area contributed by atoms with Crippen LogP contribution >= 0.6 is 11.5 Å². The van der Waals surface area contributed by atoms with Gasteiger partial charge in [0, 0.05) is 40.7 Å². The number of nitrogens with one attached hydrogen (secondary N) is 1. The van der Waals surface area contributed by atoms with Crippen LogP contribution in [0.15, 0.2) is 78.6 Å². The lowest BCUT2D eigenvalue weighted by atomic mass is 10.0. The summed E-state index contributed by atoms with van der Waals surface area (Å²) in [5.74, 6) is -4.05. The maximum atomic E-state index is 15.3. The van der Waals surface area contributed by atoms with Crippen molar-refractivity contribution in [3.63, 3.8) is 0 Å². The van der Waals surface area contributed by atoms with Crippen molar-refractivity contribution < 1.29 is 32.5 Å². The highest BCUT2D eigenvalue weighted by atomic mass is 32.1. The third-order valence-electron chi connectivity index (χ3n) is 6.79. The first kappa shape index (κ1) is 27.8. The van der Waals surface area contributed by atoms with E-state index in [0.717, 1.165) is 34.2 Å². The molecule has 43 heavy (non-hydrogen) atoms. The van der Waals surface area contributed by atoms with Gasteiger partial charge in [-0.3, -0.25) is 4.79 Å². The number of amides is 4. The predicted octanol–water partition coefficient (Wildman–Crippen LogP) is 5.74. The van der Waals surface area contributed by atoms with Crippen LogP contribution in [0.4, 0.5) is 25.0 Å². The summed E-state index contributed by atoms with van der Waals surface area (Å²) in [6.45, 7) is 3.45. The minimum Gasteiger partial charge on any atom is -0.452 e. The van der Waals surface area contributed by atoms with Crippen LogP contribution in [0.1, 0.15) is 13.8 Å². The average molecular weight is 602 g/mol. The number of carbonyl (C=O) groups excluding carboxylic acids is 3. The number of imide groups is 1. The maximum Gasteiger partial charge on any atom is 0.505 e. The van der Waals surface area contributed by atoms with E-state index in [1.54, 1.807) is 42.9 Å². The number of urea groups is 1. The number of aromatic nitrogens is 3. The molecule has 0 spiro atoms. The van der Waals surface area contributed by atoms with Crippen molar-refractivity contribution in [1.82, 2.24) is 14.0 Å². The number of hydrogen-bond donors (Lipinski definition) is 1. The van der Waals surface area contributed by atoms with Crippen LogP contribution in [0.5, 0.6) is 11.5 Å². The van der Waals surface area contributed by atoms with E-state index in [-0.39, 0.29) is 23.2 Å². The smallest absolute Gasteiger partial charge is 0.452 e. The summed E-state index contributed by atoms with van der Waals surface area (Å²) < 4.78 is 41.7. The third kappa shape index (κ3) is 5.37. The van der Waals surface area contributed by atoms with Crippen molar-refractivity contribution in [1.29, 1.82) is 0 Å². The summed E-state index contributed by atoms with van der Waals surface area (Å²) in [5.41, 5.74) is 2.44. The van der Waals surface area contributed by atoms with Gasteiger partial charge in [0.15, 0.2) is 23.2 Å². The minimum absolute atomic E-state index is 0.0741. The summed E-state index contributed by atoms with van der Waals surface area (Å²) in [4.78, 5) is 40.5. The first-order chi connectivity index (χ1) is 20.7. The van der Waals surface area contributed by atoms with Crippen molar-refractivity contribution in [3.8, 4) is 22.6 Å². The van der Waals surface area contributed by atoms with E-state index >= 15 is 4.39 Å². The minimum atomic E-state index is -1.41. The zero-order chi connectivity index (χ0) is 30.2. The van der Waals surface area contributed by atoms with Crippen LogP contribution in [0.3, 0.4) is 0 Å². The number of carbonyl (C=O) groups is 3. The van der Waals surface area contributed by atoms with Gasteiger partial charge >= 0.3 is 11.9 Å². The fourth-order valence-electron chi connectivity index (χ4n) is 4.62. The van der Waals surface area contributed by atoms with Gasteiger partial charge in [-0.05, 0) is 73.9 Å². The lowest BCUT2D eigenvalue weighted by molar-refractivity contribution is -0.459. The fourth-order valence-corrected chi connectivity index (χ4v) is 5.17. The highest BCUT2D eigenvalue weighted by Crippen LogP contribution is 2.34. The van der Waals surface area contributed by atoms with Gasteiger partial charge in [0.25, 0.3) is 0 Å². The zero-order valence-electron chi connectivity index (χ0n) is 22.8. The van der Waals surface area contributed by atoms with E-state index in [4.69, 9.17) is 4.74 Å². The van der Waals surface area contributed by atoms with Crippen molar-refractivity contribution >= 4 is 52.5 Å². The SMILES string of the molecule is CC(C)[N+]1=CC(C(=O)Nc2ccc(Oc3cc(-c4cnsc4)cn4nccc34)c(F)c2)C(=O)N(c2ccc(F)cc2)C1=O. The highest BCUT2D eigenvalue weighted by molar-refractivity contribution is 7.03. The number of anilines is 2. The Bertz CT molecular complexity index is 1900. The number of ether oxygens (including phenoxy) is 1. The summed E-state index contributed by atoms with van der Waals surface area (Å²) in [7, 11) is 0. The molecule has 1 aliphatic heterocycles. The van der Waals surface area contributed by atoms with E-state index in [1.807, 2.05) is 11.6 Å². The van der Waals surface area contributed by atoms with Crippen LogP contribution in [0, 0.1) is 17.6 Å². The normalized spacial score (nSPS) is 15.2. The Hall–Kier alpha value is -5.30. The van der Waals surface area contributed by atoms with E-state index in [2.05, 4.69) is 14.8 Å². The van der Waals surface area contributed by atoms with Crippen LogP contribution in [0.2, 0.25) is 0 Å². The largest absolute Gasteiger partial charge is 0.505 e. The van der Waals surface area contributed by atoms with Crippen LogP contribution in [-0.2, 0) is 9.59 Å². The Balaban J connectivity index is 1.25. The molecule has 3 aromatic heterocycles. The number of rotatable bonds is 7. The first-order valence-corrected chi connectivity index (χ1v) is 14.0. The number of benzene rings is 2. The van der Waals surface area contributed by atoms with Gasteiger partial charge in [-0.1, -0.05) is 0 Å². The molecule has 1 atom stereocenters. The molecule has 4 amide bonds. The molecule has 1 aliphatic rings. The summed E-state index contributed by atoms with van der Waals surface area (Å²) >= 11 is 1.30. The predicted molar refractivity (Wildman–Crippen MR) is 156 cm³/mol. The average Bonchev–Trinajstić information content (AvgIpc) is 3.68. The van der Waals surface area contributed by atoms with Crippen LogP contribution < -0.4 is 15.0 Å². The topological polar surface area (TPSA) is 109 Å². The number of fused-ring (bicyclic) bond motifs is 1. The number of hydrogen-bond acceptors (Lipinski definition) is 7. The lowest BCUT2D eigenvalue weighted by Gasteiger charge is -2.24. The van der Waals surface area contributed by atoms with Gasteiger partial charge in [-0.15, -0.1) is 4.90 Å². The molecule has 10 nitrogen and oxygen atoms in total. The second-order valence-electron chi connectivity index (χ2n) is 9.96. The van der Waals surface area contributed by atoms with Crippen molar-refractivity contribution in [3.05, 3.63) is 90.2 Å². The zero-order valence-corrected chi connectivity index (χ0v) is 23.6. The van der Waals surface area contributed by atoms with Gasteiger partial charge in [0.2, 0.25) is 5.91 Å². The monoisotopic (exact) mass is 601 g/mol. The van der Waals surface area contributed by atoms with Crippen molar-refractivity contribution in [2.24, 2.45) is 5.92 Å². The molecule has 0 bridgehead atoms. The van der Waals surface area contributed by atoms with Gasteiger partial charge in [-0.25, -0.2) is 22.5 Å². The molecular formula is C30H23F2N6O4S+. The Labute approximate surface area is 247 Å². The standard InChI is InChI=1S/C30H22F2N6O4S/c1-17(2)36-15-23(29(40)38(30(36)41)22-6-3-20(31)4-7-22)28(39)35-21-5-8-26(24(32)12-21)42-27-11-18(19-13-34-43-16-19)14-37-25(27)9-10-33-37/h3-17,23H,1-2H3/p+1. The lowest BCUT2D eigenvalue weighted by Crippen LogP contribution is -2.55. The molecule has 0 aliphatic carbocycles. The molecule has 0 fully saturated rings. The Kier molecular flexibility index (Phi) is 7.24. The van der Waals surface area contributed by atoms with Crippen molar-refractivity contribution in [2.45, 2.75) is 19.9 Å². The Morgan fingerprint density at radius 1 is 1.05 bits per heavy atom. The quantitative estimate of drug-likeness (QED) is 0.188. The maximum absolute atomic E-state index is 15.3. The third-order valence-corrected chi connectivity index (χ3v) is 7.37. The molecule has 0 saturated carbocycles. The van der Waals surface area contributed by atoms with Gasteiger partial charge < -0.3 is 10.1 Å². The molecule has 1 unspecified atom stereocenters. The second-order valence-corrected chi connectivity index (χ2v) is 10.6. The molecule has 2 aromatic carbocycles. The van der Waals surface area contributed by atoms with E-state index in [0.29, 0.717) is 11.3 Å². The fraction of sp³-hybridized carbons (Fsp3) is 0.133. The number of halogens is 2. The molecule has 0 saturated heterocycles. The highest BCUT2D eigenvalue weighted by Gasteiger charge is 2.48. The molecule has 0 radical (unpaired) electrons. The van der Waals surface area contributed by atoms with Crippen LogP contribution in [-0.4, -0.2) is 48.7 Å². The molecule has 6 rings (SSSR count). The van der Waals surface area contributed by atoms with E-state index < -0.39 is 35.4 Å². The number of pyridine rings is 1. The van der Waals surface area contributed by atoms with Crippen molar-refractivity contribution in [2.75, 3.05) is 10.2 Å². The Morgan fingerprint density at radius 2 is 1.84 bits per heavy atom. The van der Waals surface area contributed by atoms with Crippen LogP contribution in [0.25, 0.3) is 16.6 Å². The molecule has 13 heteroatoms. The van der Waals surface area contributed by atoms with Gasteiger partial charge in [-0.2, -0.15) is 14.5 Å². The molecular weight excluding hydrogens is 578 g/mol. The van der Waals surface area contributed by atoms with Gasteiger partial charge in [0.05, 0.1) is 18.5 Å². The Morgan fingerprint density at radius 3 is 2.53 bits per heavy atom. The molecule has 4 heterocycles. The molecule has 5 aromatic rings. The van der Waals surface area contributed by atoms with Gasteiger partial charge in [0.1, 0.15) is 17.0 Å². The second kappa shape index (κ2) is 11.2. The van der Waals surface area contributed by atoms with E-state index in [1.165, 1.54) is 46.6 Å². The summed E-state index contributed by atoms with van der Waals surface area (Å²) in [5, 5.41) is 8.69. The summed E-state index contributed by atoms with van der Waals surface area (Å²) in [6, 6.07) is 11.1. The first-order valence-electron chi connectivity index (χ1n) is 13.1.